The lowest BCUT2D eigenvalue weighted by molar-refractivity contribution is 0.0950. The molecule has 0 unspecified atom stereocenters. The van der Waals surface area contributed by atoms with Gasteiger partial charge in [-0.3, -0.25) is 4.79 Å². The second-order valence-corrected chi connectivity index (χ2v) is 6.07. The second kappa shape index (κ2) is 12.0. The van der Waals surface area contributed by atoms with Crippen LogP contribution in [0.5, 0.6) is 11.5 Å². The number of halogens is 1. The molecule has 0 aliphatic rings. The maximum absolute atomic E-state index is 12.2. The number of hydrogen-bond donors (Lipinski definition) is 2. The van der Waals surface area contributed by atoms with Crippen molar-refractivity contribution in [3.63, 3.8) is 0 Å². The molecule has 5 nitrogen and oxygen atoms in total. The van der Waals surface area contributed by atoms with E-state index >= 15 is 0 Å². The molecule has 0 heterocycles. The van der Waals surface area contributed by atoms with Crippen LogP contribution in [0.1, 0.15) is 44.5 Å². The monoisotopic (exact) mass is 358 g/mol. The van der Waals surface area contributed by atoms with Crippen molar-refractivity contribution in [2.45, 2.75) is 40.2 Å². The van der Waals surface area contributed by atoms with Gasteiger partial charge in [-0.05, 0) is 44.0 Å². The van der Waals surface area contributed by atoms with E-state index in [0.717, 1.165) is 13.0 Å². The lowest BCUT2D eigenvalue weighted by atomic mass is 10.1. The summed E-state index contributed by atoms with van der Waals surface area (Å²) in [6.45, 7) is 10.5. The minimum Gasteiger partial charge on any atom is -0.493 e. The molecule has 6 heteroatoms. The van der Waals surface area contributed by atoms with Crippen LogP contribution in [0.2, 0.25) is 0 Å². The first-order valence-corrected chi connectivity index (χ1v) is 8.30. The number of ether oxygens (including phenoxy) is 2. The maximum atomic E-state index is 12.2. The highest BCUT2D eigenvalue weighted by Crippen LogP contribution is 2.28. The minimum atomic E-state index is -0.109. The standard InChI is InChI=1S/C18H30N2O3.ClH/c1-6-19-14(4)12-20-18(21)15-7-8-16(17(11-15)22-5)23-10-9-13(2)3;/h7-8,11,13-14,19H,6,9-10,12H2,1-5H3,(H,20,21);1H/t14-;/m1./s1. The molecule has 24 heavy (non-hydrogen) atoms. The third-order valence-electron chi connectivity index (χ3n) is 3.50. The summed E-state index contributed by atoms with van der Waals surface area (Å²) in [5.74, 6) is 1.73. The zero-order valence-corrected chi connectivity index (χ0v) is 16.2. The smallest absolute Gasteiger partial charge is 0.251 e. The Morgan fingerprint density at radius 3 is 2.50 bits per heavy atom. The first-order valence-electron chi connectivity index (χ1n) is 8.30. The molecule has 0 radical (unpaired) electrons. The first kappa shape index (κ1) is 22.5. The van der Waals surface area contributed by atoms with E-state index in [4.69, 9.17) is 9.47 Å². The SMILES string of the molecule is CCN[C@H](C)CNC(=O)c1ccc(OCCC(C)C)c(OC)c1.Cl. The third-order valence-corrected chi connectivity index (χ3v) is 3.50. The topological polar surface area (TPSA) is 59.6 Å². The Balaban J connectivity index is 0.00000529. The van der Waals surface area contributed by atoms with E-state index in [-0.39, 0.29) is 24.4 Å². The summed E-state index contributed by atoms with van der Waals surface area (Å²) in [5, 5.41) is 6.17. The van der Waals surface area contributed by atoms with E-state index < -0.39 is 0 Å². The average Bonchev–Trinajstić information content (AvgIpc) is 2.52. The third kappa shape index (κ3) is 7.88. The lowest BCUT2D eigenvalue weighted by Gasteiger charge is -2.15. The number of hydrogen-bond acceptors (Lipinski definition) is 4. The Kier molecular flexibility index (Phi) is 11.3. The van der Waals surface area contributed by atoms with Gasteiger partial charge in [-0.1, -0.05) is 20.8 Å². The number of methoxy groups -OCH3 is 1. The normalized spacial score (nSPS) is 11.6. The molecule has 0 saturated heterocycles. The molecule has 1 atom stereocenters. The Morgan fingerprint density at radius 1 is 1.21 bits per heavy atom. The summed E-state index contributed by atoms with van der Waals surface area (Å²) >= 11 is 0. The van der Waals surface area contributed by atoms with Crippen molar-refractivity contribution in [2.24, 2.45) is 5.92 Å². The number of carbonyl (C=O) groups excluding carboxylic acids is 1. The van der Waals surface area contributed by atoms with Gasteiger partial charge in [0.1, 0.15) is 0 Å². The zero-order chi connectivity index (χ0) is 17.2. The Labute approximate surface area is 151 Å². The highest BCUT2D eigenvalue weighted by molar-refractivity contribution is 5.94. The van der Waals surface area contributed by atoms with E-state index in [2.05, 4.69) is 24.5 Å². The molecule has 2 N–H and O–H groups in total. The van der Waals surface area contributed by atoms with Gasteiger partial charge in [0.05, 0.1) is 13.7 Å². The fraction of sp³-hybridized carbons (Fsp3) is 0.611. The van der Waals surface area contributed by atoms with E-state index in [1.807, 2.05) is 13.8 Å². The molecule has 138 valence electrons. The van der Waals surface area contributed by atoms with Crippen LogP contribution in [0.3, 0.4) is 0 Å². The van der Waals surface area contributed by atoms with Gasteiger partial charge in [0.25, 0.3) is 5.91 Å². The first-order chi connectivity index (χ1) is 11.0. The van der Waals surface area contributed by atoms with Crippen LogP contribution >= 0.6 is 12.4 Å². The van der Waals surface area contributed by atoms with Gasteiger partial charge in [-0.15, -0.1) is 12.4 Å². The van der Waals surface area contributed by atoms with Gasteiger partial charge in [0.15, 0.2) is 11.5 Å². The highest BCUT2D eigenvalue weighted by atomic mass is 35.5. The second-order valence-electron chi connectivity index (χ2n) is 6.07. The Bertz CT molecular complexity index is 495. The predicted molar refractivity (Wildman–Crippen MR) is 101 cm³/mol. The van der Waals surface area contributed by atoms with Crippen molar-refractivity contribution in [3.8, 4) is 11.5 Å². The van der Waals surface area contributed by atoms with Gasteiger partial charge in [-0.25, -0.2) is 0 Å². The molecule has 0 bridgehead atoms. The lowest BCUT2D eigenvalue weighted by Crippen LogP contribution is -2.38. The molecule has 0 fully saturated rings. The summed E-state index contributed by atoms with van der Waals surface area (Å²) in [6, 6.07) is 5.52. The number of likely N-dealkylation sites (N-methyl/N-ethyl adjacent to an activating group) is 1. The molecule has 1 rings (SSSR count). The highest BCUT2D eigenvalue weighted by Gasteiger charge is 2.12. The molecule has 0 aromatic heterocycles. The van der Waals surface area contributed by atoms with Gasteiger partial charge >= 0.3 is 0 Å². The van der Waals surface area contributed by atoms with Crippen LogP contribution < -0.4 is 20.1 Å². The quantitative estimate of drug-likeness (QED) is 0.674. The van der Waals surface area contributed by atoms with Gasteiger partial charge in [-0.2, -0.15) is 0 Å². The molecule has 1 amide bonds. The largest absolute Gasteiger partial charge is 0.493 e. The van der Waals surface area contributed by atoms with Gasteiger partial charge in [0, 0.05) is 18.2 Å². The molecular weight excluding hydrogens is 328 g/mol. The number of carbonyl (C=O) groups is 1. The number of amides is 1. The number of nitrogens with one attached hydrogen (secondary N) is 2. The number of rotatable bonds is 10. The van der Waals surface area contributed by atoms with Crippen molar-refractivity contribution < 1.29 is 14.3 Å². The summed E-state index contributed by atoms with van der Waals surface area (Å²) in [6.07, 6.45) is 0.980. The van der Waals surface area contributed by atoms with Crippen molar-refractivity contribution in [1.29, 1.82) is 0 Å². The van der Waals surface area contributed by atoms with E-state index in [1.165, 1.54) is 0 Å². The Hall–Kier alpha value is -1.46. The Morgan fingerprint density at radius 2 is 1.92 bits per heavy atom. The van der Waals surface area contributed by atoms with E-state index in [0.29, 0.717) is 36.1 Å². The van der Waals surface area contributed by atoms with Crippen LogP contribution in [0.15, 0.2) is 18.2 Å². The predicted octanol–water partition coefficient (Wildman–Crippen LogP) is 3.27. The van der Waals surface area contributed by atoms with Crippen LogP contribution in [-0.2, 0) is 0 Å². The average molecular weight is 359 g/mol. The summed E-state index contributed by atoms with van der Waals surface area (Å²) in [5.41, 5.74) is 0.571. The van der Waals surface area contributed by atoms with Gasteiger partial charge in [0.2, 0.25) is 0 Å². The molecular formula is C18H31ClN2O3. The van der Waals surface area contributed by atoms with Crippen LogP contribution in [0.25, 0.3) is 0 Å². The maximum Gasteiger partial charge on any atom is 0.251 e. The van der Waals surface area contributed by atoms with Crippen LogP contribution in [0, 0.1) is 5.92 Å². The summed E-state index contributed by atoms with van der Waals surface area (Å²) in [7, 11) is 1.58. The molecule has 1 aromatic rings. The van der Waals surface area contributed by atoms with Crippen LogP contribution in [-0.4, -0.2) is 38.8 Å². The molecule has 0 spiro atoms. The summed E-state index contributed by atoms with van der Waals surface area (Å²) in [4.78, 5) is 12.2. The minimum absolute atomic E-state index is 0. The molecule has 0 aliphatic heterocycles. The van der Waals surface area contributed by atoms with Crippen molar-refractivity contribution >= 4 is 18.3 Å². The number of benzene rings is 1. The summed E-state index contributed by atoms with van der Waals surface area (Å²) < 4.78 is 11.1. The van der Waals surface area contributed by atoms with Crippen molar-refractivity contribution in [1.82, 2.24) is 10.6 Å². The molecule has 1 aromatic carbocycles. The van der Waals surface area contributed by atoms with Crippen molar-refractivity contribution in [2.75, 3.05) is 26.8 Å². The fourth-order valence-electron chi connectivity index (χ4n) is 2.10. The van der Waals surface area contributed by atoms with E-state index in [1.54, 1.807) is 25.3 Å². The molecule has 0 saturated carbocycles. The van der Waals surface area contributed by atoms with Crippen molar-refractivity contribution in [3.05, 3.63) is 23.8 Å². The van der Waals surface area contributed by atoms with Crippen LogP contribution in [0.4, 0.5) is 0 Å². The molecule has 0 aliphatic carbocycles. The van der Waals surface area contributed by atoms with E-state index in [9.17, 15) is 4.79 Å². The zero-order valence-electron chi connectivity index (χ0n) is 15.3. The fourth-order valence-corrected chi connectivity index (χ4v) is 2.10. The van der Waals surface area contributed by atoms with Gasteiger partial charge < -0.3 is 20.1 Å².